The lowest BCUT2D eigenvalue weighted by Crippen LogP contribution is -2.03. The van der Waals surface area contributed by atoms with Crippen molar-refractivity contribution in [3.8, 4) is 5.75 Å². The largest absolute Gasteiger partial charge is 0.508 e. The molecule has 2 aromatic heterocycles. The van der Waals surface area contributed by atoms with Gasteiger partial charge in [-0.25, -0.2) is 0 Å². The van der Waals surface area contributed by atoms with E-state index in [1.807, 2.05) is 48.5 Å². The average Bonchev–Trinajstić information content (AvgIpc) is 3.01. The molecule has 4 rings (SSSR count). The molecule has 0 unspecified atom stereocenters. The molecule has 7 heteroatoms. The molecular weight excluding hydrogens is 338 g/mol. The van der Waals surface area contributed by atoms with E-state index < -0.39 is 0 Å². The second-order valence-electron chi connectivity index (χ2n) is 5.58. The van der Waals surface area contributed by atoms with Crippen molar-refractivity contribution >= 4 is 28.8 Å². The fraction of sp³-hybridized carbons (Fsp3) is 0.0556. The van der Waals surface area contributed by atoms with Crippen molar-refractivity contribution in [1.82, 2.24) is 19.8 Å². The Bertz CT molecular complexity index is 1010. The van der Waals surface area contributed by atoms with Gasteiger partial charge in [-0.15, -0.1) is 15.3 Å². The summed E-state index contributed by atoms with van der Waals surface area (Å²) < 4.78 is 1.71. The maximum Gasteiger partial charge on any atom is 0.178 e. The van der Waals surface area contributed by atoms with Gasteiger partial charge in [-0.1, -0.05) is 23.7 Å². The number of rotatable bonds is 4. The molecule has 6 nitrogen and oxygen atoms in total. The van der Waals surface area contributed by atoms with E-state index in [2.05, 4.69) is 20.6 Å². The standard InChI is InChI=1S/C18H14ClN5O/c19-13-3-5-14(6-4-13)20-16-9-10-17-21-22-18(24(17)23-16)11-12-1-7-15(25)8-2-12/h1-10,25H,11H2,(H,20,23). The number of phenols is 1. The van der Waals surface area contributed by atoms with Crippen LogP contribution in [-0.2, 0) is 6.42 Å². The molecule has 2 heterocycles. The summed E-state index contributed by atoms with van der Waals surface area (Å²) in [7, 11) is 0. The van der Waals surface area contributed by atoms with Gasteiger partial charge >= 0.3 is 0 Å². The number of fused-ring (bicyclic) bond motifs is 1. The van der Waals surface area contributed by atoms with Gasteiger partial charge in [-0.3, -0.25) is 0 Å². The van der Waals surface area contributed by atoms with Crippen molar-refractivity contribution in [3.63, 3.8) is 0 Å². The van der Waals surface area contributed by atoms with E-state index in [1.165, 1.54) is 0 Å². The van der Waals surface area contributed by atoms with Crippen molar-refractivity contribution in [3.05, 3.63) is 77.1 Å². The monoisotopic (exact) mass is 351 g/mol. The molecule has 0 radical (unpaired) electrons. The van der Waals surface area contributed by atoms with E-state index in [4.69, 9.17) is 11.6 Å². The zero-order valence-electron chi connectivity index (χ0n) is 13.1. The molecule has 2 aromatic carbocycles. The van der Waals surface area contributed by atoms with Crippen LogP contribution in [0.3, 0.4) is 0 Å². The van der Waals surface area contributed by atoms with Gasteiger partial charge in [0.2, 0.25) is 0 Å². The average molecular weight is 352 g/mol. The van der Waals surface area contributed by atoms with E-state index in [1.54, 1.807) is 16.6 Å². The number of benzene rings is 2. The van der Waals surface area contributed by atoms with Gasteiger partial charge in [-0.2, -0.15) is 4.52 Å². The summed E-state index contributed by atoms with van der Waals surface area (Å²) in [6.45, 7) is 0. The maximum atomic E-state index is 9.39. The number of hydrogen-bond donors (Lipinski definition) is 2. The minimum atomic E-state index is 0.238. The smallest absolute Gasteiger partial charge is 0.178 e. The quantitative estimate of drug-likeness (QED) is 0.584. The Kier molecular flexibility index (Phi) is 3.95. The third-order valence-electron chi connectivity index (χ3n) is 3.74. The predicted octanol–water partition coefficient (Wildman–Crippen LogP) is 3.82. The first-order valence-corrected chi connectivity index (χ1v) is 8.07. The maximum absolute atomic E-state index is 9.39. The lowest BCUT2D eigenvalue weighted by Gasteiger charge is -2.06. The SMILES string of the molecule is Oc1ccc(Cc2nnc3ccc(Nc4ccc(Cl)cc4)nn23)cc1. The normalized spacial score (nSPS) is 10.9. The fourth-order valence-corrected chi connectivity index (χ4v) is 2.61. The van der Waals surface area contributed by atoms with Crippen molar-refractivity contribution in [2.75, 3.05) is 5.32 Å². The van der Waals surface area contributed by atoms with Crippen LogP contribution < -0.4 is 5.32 Å². The molecule has 2 N–H and O–H groups in total. The highest BCUT2D eigenvalue weighted by Gasteiger charge is 2.09. The van der Waals surface area contributed by atoms with Gasteiger partial charge in [0, 0.05) is 17.1 Å². The lowest BCUT2D eigenvalue weighted by atomic mass is 10.1. The molecule has 0 saturated heterocycles. The molecule has 0 spiro atoms. The topological polar surface area (TPSA) is 75.3 Å². The molecule has 0 aliphatic carbocycles. The minimum absolute atomic E-state index is 0.238. The first-order chi connectivity index (χ1) is 12.2. The minimum Gasteiger partial charge on any atom is -0.508 e. The van der Waals surface area contributed by atoms with Gasteiger partial charge in [0.25, 0.3) is 0 Å². The highest BCUT2D eigenvalue weighted by atomic mass is 35.5. The molecule has 0 aliphatic heterocycles. The first-order valence-electron chi connectivity index (χ1n) is 7.69. The molecule has 0 atom stereocenters. The number of halogens is 1. The third-order valence-corrected chi connectivity index (χ3v) is 3.99. The fourth-order valence-electron chi connectivity index (χ4n) is 2.49. The van der Waals surface area contributed by atoms with Crippen molar-refractivity contribution < 1.29 is 5.11 Å². The van der Waals surface area contributed by atoms with Crippen LogP contribution in [0.4, 0.5) is 11.5 Å². The number of aromatic nitrogens is 4. The summed E-state index contributed by atoms with van der Waals surface area (Å²) in [6.07, 6.45) is 0.568. The number of nitrogens with one attached hydrogen (secondary N) is 1. The zero-order chi connectivity index (χ0) is 17.2. The summed E-state index contributed by atoms with van der Waals surface area (Å²) in [6, 6.07) is 18.1. The van der Waals surface area contributed by atoms with E-state index in [-0.39, 0.29) is 5.75 Å². The highest BCUT2D eigenvalue weighted by Crippen LogP contribution is 2.19. The summed E-state index contributed by atoms with van der Waals surface area (Å²) >= 11 is 5.91. The number of phenolic OH excluding ortho intramolecular Hbond substituents is 1. The van der Waals surface area contributed by atoms with Crippen LogP contribution in [0.15, 0.2) is 60.7 Å². The van der Waals surface area contributed by atoms with Gasteiger partial charge < -0.3 is 10.4 Å². The lowest BCUT2D eigenvalue weighted by molar-refractivity contribution is 0.475. The molecule has 0 fully saturated rings. The molecule has 0 saturated carbocycles. The molecule has 25 heavy (non-hydrogen) atoms. The van der Waals surface area contributed by atoms with Crippen molar-refractivity contribution in [2.24, 2.45) is 0 Å². The van der Waals surface area contributed by atoms with Crippen LogP contribution in [0.2, 0.25) is 5.02 Å². The van der Waals surface area contributed by atoms with Gasteiger partial charge in [0.15, 0.2) is 17.3 Å². The Morgan fingerprint density at radius 1 is 0.920 bits per heavy atom. The summed E-state index contributed by atoms with van der Waals surface area (Å²) in [5, 5.41) is 26.2. The van der Waals surface area contributed by atoms with E-state index in [0.717, 1.165) is 17.1 Å². The van der Waals surface area contributed by atoms with Crippen LogP contribution in [-0.4, -0.2) is 24.9 Å². The van der Waals surface area contributed by atoms with Gasteiger partial charge in [0.05, 0.1) is 0 Å². The summed E-state index contributed by atoms with van der Waals surface area (Å²) in [5.41, 5.74) is 2.59. The van der Waals surface area contributed by atoms with Crippen LogP contribution in [0.5, 0.6) is 5.75 Å². The molecule has 4 aromatic rings. The van der Waals surface area contributed by atoms with Gasteiger partial charge in [0.1, 0.15) is 5.75 Å². The van der Waals surface area contributed by atoms with Crippen LogP contribution in [0.25, 0.3) is 5.65 Å². The van der Waals surface area contributed by atoms with E-state index in [0.29, 0.717) is 22.9 Å². The summed E-state index contributed by atoms with van der Waals surface area (Å²) in [4.78, 5) is 0. The van der Waals surface area contributed by atoms with Crippen LogP contribution in [0, 0.1) is 0 Å². The molecular formula is C18H14ClN5O. The zero-order valence-corrected chi connectivity index (χ0v) is 13.9. The number of aromatic hydroxyl groups is 1. The highest BCUT2D eigenvalue weighted by molar-refractivity contribution is 6.30. The molecule has 0 aliphatic rings. The second-order valence-corrected chi connectivity index (χ2v) is 6.02. The van der Waals surface area contributed by atoms with Crippen molar-refractivity contribution in [2.45, 2.75) is 6.42 Å². The Balaban J connectivity index is 1.62. The Hall–Kier alpha value is -3.12. The van der Waals surface area contributed by atoms with E-state index >= 15 is 0 Å². The van der Waals surface area contributed by atoms with Crippen LogP contribution >= 0.6 is 11.6 Å². The summed E-state index contributed by atoms with van der Waals surface area (Å²) in [5.74, 6) is 1.64. The Labute approximate surface area is 148 Å². The first kappa shape index (κ1) is 15.4. The second kappa shape index (κ2) is 6.41. The van der Waals surface area contributed by atoms with Crippen LogP contribution in [0.1, 0.15) is 11.4 Å². The number of nitrogens with zero attached hydrogens (tertiary/aromatic N) is 4. The number of hydrogen-bond acceptors (Lipinski definition) is 5. The third kappa shape index (κ3) is 3.39. The predicted molar refractivity (Wildman–Crippen MR) is 96.4 cm³/mol. The van der Waals surface area contributed by atoms with Gasteiger partial charge in [-0.05, 0) is 54.1 Å². The molecule has 124 valence electrons. The van der Waals surface area contributed by atoms with Crippen molar-refractivity contribution in [1.29, 1.82) is 0 Å². The Morgan fingerprint density at radius 3 is 2.44 bits per heavy atom. The molecule has 0 amide bonds. The molecule has 0 bridgehead atoms. The number of anilines is 2. The van der Waals surface area contributed by atoms with E-state index in [9.17, 15) is 5.11 Å². The Morgan fingerprint density at radius 2 is 1.68 bits per heavy atom.